The van der Waals surface area contributed by atoms with Crippen LogP contribution in [0.4, 0.5) is 17.6 Å². The summed E-state index contributed by atoms with van der Waals surface area (Å²) in [5, 5.41) is 0. The van der Waals surface area contributed by atoms with Gasteiger partial charge in [0.25, 0.3) is 6.43 Å². The lowest BCUT2D eigenvalue weighted by Crippen LogP contribution is -2.25. The number of hydrogen-bond acceptors (Lipinski definition) is 1. The maximum Gasteiger partial charge on any atom is 0.260 e. The molecule has 0 heterocycles. The van der Waals surface area contributed by atoms with Crippen LogP contribution >= 0.6 is 0 Å². The number of benzene rings is 1. The van der Waals surface area contributed by atoms with Crippen LogP contribution in [0.25, 0.3) is 0 Å². The Morgan fingerprint density at radius 1 is 0.935 bits per heavy atom. The first-order valence-electron chi connectivity index (χ1n) is 11.7. The van der Waals surface area contributed by atoms with Gasteiger partial charge in [-0.15, -0.1) is 0 Å². The number of allylic oxidation sites excluding steroid dienone is 3. The van der Waals surface area contributed by atoms with E-state index in [1.54, 1.807) is 0 Å². The molecular formula is C26H34F4O. The SMILES string of the molecule is C/C=C/C1CCC(C2CCC(CCc3cc(F)c(O/C=C/C(F)F)c(F)c3)CC2)CC1. The van der Waals surface area contributed by atoms with Crippen molar-refractivity contribution in [1.29, 1.82) is 0 Å². The summed E-state index contributed by atoms with van der Waals surface area (Å²) in [7, 11) is 0. The molecule has 3 rings (SSSR count). The van der Waals surface area contributed by atoms with E-state index >= 15 is 0 Å². The van der Waals surface area contributed by atoms with Gasteiger partial charge in [0, 0.05) is 6.08 Å². The van der Waals surface area contributed by atoms with Crippen molar-refractivity contribution in [1.82, 2.24) is 0 Å². The predicted molar refractivity (Wildman–Crippen MR) is 116 cm³/mol. The molecule has 1 aromatic carbocycles. The fourth-order valence-electron chi connectivity index (χ4n) is 5.44. The van der Waals surface area contributed by atoms with Gasteiger partial charge in [0.2, 0.25) is 0 Å². The lowest BCUT2D eigenvalue weighted by atomic mass is 9.68. The van der Waals surface area contributed by atoms with Gasteiger partial charge < -0.3 is 4.74 Å². The predicted octanol–water partition coefficient (Wildman–Crippen LogP) is 8.24. The molecule has 5 heteroatoms. The summed E-state index contributed by atoms with van der Waals surface area (Å²) in [6, 6.07) is 2.51. The molecule has 1 nitrogen and oxygen atoms in total. The monoisotopic (exact) mass is 438 g/mol. The first-order valence-corrected chi connectivity index (χ1v) is 11.7. The van der Waals surface area contributed by atoms with Crippen LogP contribution in [0.15, 0.2) is 36.6 Å². The largest absolute Gasteiger partial charge is 0.459 e. The van der Waals surface area contributed by atoms with Crippen molar-refractivity contribution in [2.75, 3.05) is 0 Å². The van der Waals surface area contributed by atoms with Gasteiger partial charge in [0.05, 0.1) is 6.26 Å². The molecule has 2 fully saturated rings. The molecule has 0 spiro atoms. The first-order chi connectivity index (χ1) is 15.0. The normalized spacial score (nSPS) is 27.4. The van der Waals surface area contributed by atoms with Crippen molar-refractivity contribution in [2.24, 2.45) is 23.7 Å². The molecule has 0 radical (unpaired) electrons. The van der Waals surface area contributed by atoms with E-state index < -0.39 is 23.8 Å². The Hall–Kier alpha value is -1.78. The van der Waals surface area contributed by atoms with Crippen LogP contribution in [0.3, 0.4) is 0 Å². The highest BCUT2D eigenvalue weighted by molar-refractivity contribution is 5.32. The Balaban J connectivity index is 1.43. The van der Waals surface area contributed by atoms with Crippen molar-refractivity contribution >= 4 is 0 Å². The molecule has 0 aromatic heterocycles. The fourth-order valence-corrected chi connectivity index (χ4v) is 5.44. The van der Waals surface area contributed by atoms with E-state index in [9.17, 15) is 17.6 Å². The Bertz CT molecular complexity index is 719. The van der Waals surface area contributed by atoms with Crippen LogP contribution < -0.4 is 4.74 Å². The quantitative estimate of drug-likeness (QED) is 0.226. The van der Waals surface area contributed by atoms with E-state index in [2.05, 4.69) is 19.1 Å². The Kier molecular flexibility index (Phi) is 9.03. The third-order valence-electron chi connectivity index (χ3n) is 7.15. The molecular weight excluding hydrogens is 404 g/mol. The second-order valence-corrected chi connectivity index (χ2v) is 9.19. The molecule has 0 aliphatic heterocycles. The molecule has 31 heavy (non-hydrogen) atoms. The van der Waals surface area contributed by atoms with Crippen LogP contribution in [-0.2, 0) is 6.42 Å². The molecule has 0 saturated heterocycles. The minimum atomic E-state index is -2.73. The van der Waals surface area contributed by atoms with E-state index in [1.807, 2.05) is 0 Å². The van der Waals surface area contributed by atoms with Crippen molar-refractivity contribution in [3.63, 3.8) is 0 Å². The standard InChI is InChI=1S/C26H34F4O/c1-2-3-18-6-10-21(11-7-18)22-12-8-19(9-13-22)4-5-20-16-23(27)26(24(28)17-20)31-15-14-25(29)30/h2-3,14-19,21-22,25H,4-13H2,1H3/b3-2+,15-14+. The zero-order chi connectivity index (χ0) is 22.2. The molecule has 0 unspecified atom stereocenters. The van der Waals surface area contributed by atoms with Crippen molar-refractivity contribution in [3.05, 3.63) is 53.8 Å². The maximum absolute atomic E-state index is 14.1. The highest BCUT2D eigenvalue weighted by atomic mass is 19.3. The second kappa shape index (κ2) is 11.7. The van der Waals surface area contributed by atoms with E-state index in [0.717, 1.165) is 24.2 Å². The van der Waals surface area contributed by atoms with Crippen molar-refractivity contribution in [3.8, 4) is 5.75 Å². The molecule has 0 atom stereocenters. The number of alkyl halides is 2. The summed E-state index contributed by atoms with van der Waals surface area (Å²) in [6.07, 6.45) is 14.7. The molecule has 2 saturated carbocycles. The third-order valence-corrected chi connectivity index (χ3v) is 7.15. The highest BCUT2D eigenvalue weighted by Gasteiger charge is 2.30. The van der Waals surface area contributed by atoms with Gasteiger partial charge in [-0.1, -0.05) is 25.0 Å². The summed E-state index contributed by atoms with van der Waals surface area (Å²) in [6.45, 7) is 2.10. The summed E-state index contributed by atoms with van der Waals surface area (Å²) in [4.78, 5) is 0. The zero-order valence-electron chi connectivity index (χ0n) is 18.3. The van der Waals surface area contributed by atoms with E-state index in [1.165, 1.54) is 63.5 Å². The smallest absolute Gasteiger partial charge is 0.260 e. The van der Waals surface area contributed by atoms with E-state index in [0.29, 0.717) is 30.2 Å². The lowest BCUT2D eigenvalue weighted by Gasteiger charge is -2.37. The minimum absolute atomic E-state index is 0.442. The van der Waals surface area contributed by atoms with Crippen LogP contribution in [-0.4, -0.2) is 6.43 Å². The number of rotatable bonds is 8. The van der Waals surface area contributed by atoms with Crippen LogP contribution in [0.2, 0.25) is 0 Å². The Morgan fingerprint density at radius 2 is 1.52 bits per heavy atom. The van der Waals surface area contributed by atoms with E-state index in [4.69, 9.17) is 4.74 Å². The topological polar surface area (TPSA) is 9.23 Å². The van der Waals surface area contributed by atoms with Gasteiger partial charge in [-0.2, -0.15) is 0 Å². The lowest BCUT2D eigenvalue weighted by molar-refractivity contribution is 0.152. The summed E-state index contributed by atoms with van der Waals surface area (Å²) in [5.41, 5.74) is 0.588. The van der Waals surface area contributed by atoms with Gasteiger partial charge >= 0.3 is 0 Å². The zero-order valence-corrected chi connectivity index (χ0v) is 18.3. The van der Waals surface area contributed by atoms with Gasteiger partial charge in [-0.25, -0.2) is 17.6 Å². The number of hydrogen-bond donors (Lipinski definition) is 0. The summed E-state index contributed by atoms with van der Waals surface area (Å²) in [5.74, 6) is 0.748. The van der Waals surface area contributed by atoms with Gasteiger partial charge in [-0.05, 0) is 99.7 Å². The summed E-state index contributed by atoms with van der Waals surface area (Å²) >= 11 is 0. The third kappa shape index (κ3) is 7.11. The Morgan fingerprint density at radius 3 is 2.06 bits per heavy atom. The first kappa shape index (κ1) is 23.9. The van der Waals surface area contributed by atoms with Crippen LogP contribution in [0.1, 0.15) is 70.3 Å². The summed E-state index contributed by atoms with van der Waals surface area (Å²) < 4.78 is 57.2. The number of ether oxygens (including phenoxy) is 1. The molecule has 0 bridgehead atoms. The average Bonchev–Trinajstić information content (AvgIpc) is 2.75. The number of aryl methyl sites for hydroxylation is 1. The molecule has 0 amide bonds. The van der Waals surface area contributed by atoms with Crippen molar-refractivity contribution in [2.45, 2.75) is 77.6 Å². The fraction of sp³-hybridized carbons (Fsp3) is 0.615. The van der Waals surface area contributed by atoms with E-state index in [-0.39, 0.29) is 0 Å². The molecule has 2 aliphatic rings. The van der Waals surface area contributed by atoms with Gasteiger partial charge in [0.15, 0.2) is 17.4 Å². The highest BCUT2D eigenvalue weighted by Crippen LogP contribution is 2.42. The van der Waals surface area contributed by atoms with Gasteiger partial charge in [-0.3, -0.25) is 0 Å². The van der Waals surface area contributed by atoms with Crippen LogP contribution in [0.5, 0.6) is 5.75 Å². The number of halogens is 4. The molecule has 172 valence electrons. The van der Waals surface area contributed by atoms with Gasteiger partial charge in [0.1, 0.15) is 0 Å². The minimum Gasteiger partial charge on any atom is -0.459 e. The van der Waals surface area contributed by atoms with Crippen molar-refractivity contribution < 1.29 is 22.3 Å². The molecule has 0 N–H and O–H groups in total. The maximum atomic E-state index is 14.1. The second-order valence-electron chi connectivity index (χ2n) is 9.19. The average molecular weight is 439 g/mol. The molecule has 2 aliphatic carbocycles. The van der Waals surface area contributed by atoms with Crippen LogP contribution in [0, 0.1) is 35.3 Å². The molecule has 1 aromatic rings. The Labute approximate surface area is 183 Å².